The van der Waals surface area contributed by atoms with Gasteiger partial charge in [0.2, 0.25) is 0 Å². The maximum atomic E-state index is 12.1. The average Bonchev–Trinajstić information content (AvgIpc) is 2.66. The van der Waals surface area contributed by atoms with E-state index in [0.717, 1.165) is 24.5 Å². The van der Waals surface area contributed by atoms with Gasteiger partial charge in [0.1, 0.15) is 5.82 Å². The number of rotatable bonds is 6. The number of aryl methyl sites for hydroxylation is 2. The van der Waals surface area contributed by atoms with Gasteiger partial charge in [0.05, 0.1) is 27.5 Å². The normalized spacial score (nSPS) is 15.6. The van der Waals surface area contributed by atoms with Crippen molar-refractivity contribution in [2.45, 2.75) is 72.2 Å². The predicted octanol–water partition coefficient (Wildman–Crippen LogP) is 3.35. The van der Waals surface area contributed by atoms with E-state index in [4.69, 9.17) is 0 Å². The van der Waals surface area contributed by atoms with E-state index in [2.05, 4.69) is 34.3 Å². The lowest BCUT2D eigenvalue weighted by Gasteiger charge is -2.21. The molecule has 116 valence electrons. The lowest BCUT2D eigenvalue weighted by molar-refractivity contribution is 0.509. The Labute approximate surface area is 126 Å². The molecule has 1 aromatic rings. The molecule has 0 saturated heterocycles. The van der Waals surface area contributed by atoms with Gasteiger partial charge in [-0.1, -0.05) is 13.8 Å². The Balaban J connectivity index is 2.72. The zero-order chi connectivity index (χ0) is 15.5. The Hall–Kier alpha value is -0.680. The molecular weight excluding hydrogens is 270 g/mol. The van der Waals surface area contributed by atoms with Gasteiger partial charge in [-0.2, -0.15) is 0 Å². The van der Waals surface area contributed by atoms with Crippen LogP contribution in [0.15, 0.2) is 6.20 Å². The first kappa shape index (κ1) is 17.4. The Morgan fingerprint density at radius 2 is 1.95 bits per heavy atom. The summed E-state index contributed by atoms with van der Waals surface area (Å²) < 4.78 is 17.2. The second kappa shape index (κ2) is 6.85. The van der Waals surface area contributed by atoms with Crippen LogP contribution in [0.4, 0.5) is 0 Å². The number of nitrogens with one attached hydrogen (secondary N) is 1. The molecule has 20 heavy (non-hydrogen) atoms. The molecule has 5 heteroatoms. The first-order chi connectivity index (χ1) is 9.11. The summed E-state index contributed by atoms with van der Waals surface area (Å²) in [6, 6.07) is -0.00550. The molecule has 1 N–H and O–H groups in total. The Morgan fingerprint density at radius 3 is 2.45 bits per heavy atom. The molecule has 1 heterocycles. The van der Waals surface area contributed by atoms with Crippen molar-refractivity contribution >= 4 is 11.0 Å². The monoisotopic (exact) mass is 299 g/mol. The molecule has 0 saturated carbocycles. The second-order valence-electron chi connectivity index (χ2n) is 6.81. The summed E-state index contributed by atoms with van der Waals surface area (Å²) in [6.07, 6.45) is 3.22. The van der Waals surface area contributed by atoms with Crippen LogP contribution in [0.25, 0.3) is 0 Å². The van der Waals surface area contributed by atoms with Gasteiger partial charge in [0, 0.05) is 12.7 Å². The zero-order valence-electron chi connectivity index (χ0n) is 13.9. The molecule has 0 spiro atoms. The second-order valence-corrected chi connectivity index (χ2v) is 8.81. The third-order valence-electron chi connectivity index (χ3n) is 3.23. The fourth-order valence-electron chi connectivity index (χ4n) is 1.76. The SMILES string of the molecule is Cc1nc([C@H](C)N[S@](=O)C(C)(C)C)cn1CCC(C)C. The van der Waals surface area contributed by atoms with Crippen LogP contribution in [0.5, 0.6) is 0 Å². The van der Waals surface area contributed by atoms with Gasteiger partial charge in [-0.25, -0.2) is 13.9 Å². The van der Waals surface area contributed by atoms with Crippen molar-refractivity contribution in [3.05, 3.63) is 17.7 Å². The molecule has 2 atom stereocenters. The molecule has 1 rings (SSSR count). The minimum atomic E-state index is -1.08. The van der Waals surface area contributed by atoms with E-state index >= 15 is 0 Å². The van der Waals surface area contributed by atoms with Crippen LogP contribution >= 0.6 is 0 Å². The largest absolute Gasteiger partial charge is 0.335 e. The highest BCUT2D eigenvalue weighted by Gasteiger charge is 2.22. The molecule has 0 amide bonds. The van der Waals surface area contributed by atoms with E-state index < -0.39 is 11.0 Å². The maximum absolute atomic E-state index is 12.1. The third-order valence-corrected chi connectivity index (χ3v) is 4.91. The van der Waals surface area contributed by atoms with Crippen LogP contribution < -0.4 is 4.72 Å². The Morgan fingerprint density at radius 1 is 1.35 bits per heavy atom. The van der Waals surface area contributed by atoms with E-state index in [1.54, 1.807) is 0 Å². The third kappa shape index (κ3) is 5.02. The maximum Gasteiger partial charge on any atom is 0.105 e. The zero-order valence-corrected chi connectivity index (χ0v) is 14.7. The molecule has 0 unspecified atom stereocenters. The minimum Gasteiger partial charge on any atom is -0.335 e. The summed E-state index contributed by atoms with van der Waals surface area (Å²) in [7, 11) is -1.08. The van der Waals surface area contributed by atoms with Crippen LogP contribution in [0.3, 0.4) is 0 Å². The molecule has 0 aliphatic carbocycles. The van der Waals surface area contributed by atoms with Gasteiger partial charge in [-0.05, 0) is 47.0 Å². The summed E-state index contributed by atoms with van der Waals surface area (Å²) in [5.41, 5.74) is 0.962. The van der Waals surface area contributed by atoms with E-state index in [0.29, 0.717) is 5.92 Å². The quantitative estimate of drug-likeness (QED) is 0.875. The molecule has 0 radical (unpaired) electrons. The Kier molecular flexibility index (Phi) is 5.95. The summed E-state index contributed by atoms with van der Waals surface area (Å²) in [4.78, 5) is 4.59. The number of hydrogen-bond donors (Lipinski definition) is 1. The summed E-state index contributed by atoms with van der Waals surface area (Å²) in [5, 5.41) is 0. The number of nitrogens with zero attached hydrogens (tertiary/aromatic N) is 2. The van der Waals surface area contributed by atoms with Crippen LogP contribution in [0, 0.1) is 12.8 Å². The number of hydrogen-bond acceptors (Lipinski definition) is 2. The molecule has 4 nitrogen and oxygen atoms in total. The lowest BCUT2D eigenvalue weighted by atomic mass is 10.1. The van der Waals surface area contributed by atoms with Crippen molar-refractivity contribution < 1.29 is 4.21 Å². The van der Waals surface area contributed by atoms with Gasteiger partial charge < -0.3 is 4.57 Å². The van der Waals surface area contributed by atoms with E-state index in [9.17, 15) is 4.21 Å². The fraction of sp³-hybridized carbons (Fsp3) is 0.800. The number of imidazole rings is 1. The van der Waals surface area contributed by atoms with E-state index in [1.165, 1.54) is 0 Å². The molecular formula is C15H29N3OS. The predicted molar refractivity (Wildman–Crippen MR) is 85.9 cm³/mol. The van der Waals surface area contributed by atoms with Gasteiger partial charge in [-0.15, -0.1) is 0 Å². The van der Waals surface area contributed by atoms with Crippen molar-refractivity contribution in [1.82, 2.24) is 14.3 Å². The van der Waals surface area contributed by atoms with Crippen molar-refractivity contribution in [3.8, 4) is 0 Å². The molecule has 0 aromatic carbocycles. The highest BCUT2D eigenvalue weighted by molar-refractivity contribution is 7.84. The smallest absolute Gasteiger partial charge is 0.105 e. The van der Waals surface area contributed by atoms with Crippen molar-refractivity contribution in [3.63, 3.8) is 0 Å². The fourth-order valence-corrected chi connectivity index (χ4v) is 2.56. The summed E-state index contributed by atoms with van der Waals surface area (Å²) >= 11 is 0. The van der Waals surface area contributed by atoms with Crippen LogP contribution in [-0.2, 0) is 17.5 Å². The van der Waals surface area contributed by atoms with Crippen LogP contribution in [0.2, 0.25) is 0 Å². The van der Waals surface area contributed by atoms with Gasteiger partial charge in [-0.3, -0.25) is 0 Å². The Bertz CT molecular complexity index is 460. The molecule has 1 aromatic heterocycles. The minimum absolute atomic E-state index is 0.00550. The lowest BCUT2D eigenvalue weighted by Crippen LogP contribution is -2.34. The molecule has 0 bridgehead atoms. The first-order valence-corrected chi connectivity index (χ1v) is 8.48. The molecule has 0 aliphatic rings. The molecule has 0 fully saturated rings. The highest BCUT2D eigenvalue weighted by atomic mass is 32.2. The standard InChI is InChI=1S/C15H29N3OS/c1-11(2)8-9-18-10-14(16-13(18)4)12(3)17-20(19)15(5,6)7/h10-12,17H,8-9H2,1-7H3/t12-,20+/m0/s1. The number of aromatic nitrogens is 2. The highest BCUT2D eigenvalue weighted by Crippen LogP contribution is 2.17. The average molecular weight is 299 g/mol. The van der Waals surface area contributed by atoms with Crippen molar-refractivity contribution in [1.29, 1.82) is 0 Å². The summed E-state index contributed by atoms with van der Waals surface area (Å²) in [5.74, 6) is 1.71. The van der Waals surface area contributed by atoms with Crippen LogP contribution in [0.1, 0.15) is 65.5 Å². The summed E-state index contributed by atoms with van der Waals surface area (Å²) in [6.45, 7) is 15.4. The molecule has 0 aliphatic heterocycles. The van der Waals surface area contributed by atoms with Crippen molar-refractivity contribution in [2.75, 3.05) is 0 Å². The first-order valence-electron chi connectivity index (χ1n) is 7.33. The van der Waals surface area contributed by atoms with Crippen molar-refractivity contribution in [2.24, 2.45) is 5.92 Å². The van der Waals surface area contributed by atoms with Gasteiger partial charge in [0.15, 0.2) is 0 Å². The van der Waals surface area contributed by atoms with Crippen LogP contribution in [-0.4, -0.2) is 18.5 Å². The van der Waals surface area contributed by atoms with Gasteiger partial charge in [0.25, 0.3) is 0 Å². The topological polar surface area (TPSA) is 46.9 Å². The van der Waals surface area contributed by atoms with E-state index in [1.807, 2.05) is 34.6 Å². The van der Waals surface area contributed by atoms with Gasteiger partial charge >= 0.3 is 0 Å². The van der Waals surface area contributed by atoms with E-state index in [-0.39, 0.29) is 10.8 Å².